The summed E-state index contributed by atoms with van der Waals surface area (Å²) in [6.45, 7) is 8.04. The Labute approximate surface area is 229 Å². The molecule has 0 aromatic heterocycles. The lowest BCUT2D eigenvalue weighted by molar-refractivity contribution is -0.151. The zero-order chi connectivity index (χ0) is 27.7. The highest BCUT2D eigenvalue weighted by Crippen LogP contribution is 2.27. The molecule has 3 rings (SSSR count). The number of hydrazine groups is 1. The molecule has 0 aliphatic carbocycles. The Bertz CT molecular complexity index is 1270. The predicted octanol–water partition coefficient (Wildman–Crippen LogP) is 6.12. The summed E-state index contributed by atoms with van der Waals surface area (Å²) in [6.07, 6.45) is -0.402. The Morgan fingerprint density at radius 3 is 2.08 bits per heavy atom. The Balaban J connectivity index is 2.10. The van der Waals surface area contributed by atoms with E-state index in [1.165, 1.54) is 0 Å². The van der Waals surface area contributed by atoms with Gasteiger partial charge in [-0.05, 0) is 47.2 Å². The summed E-state index contributed by atoms with van der Waals surface area (Å²) >= 11 is 6.33. The lowest BCUT2D eigenvalue weighted by atomic mass is 9.96. The van der Waals surface area contributed by atoms with Crippen LogP contribution in [0.1, 0.15) is 55.2 Å². The Morgan fingerprint density at radius 1 is 0.921 bits per heavy atom. The lowest BCUT2D eigenvalue weighted by Gasteiger charge is -2.30. The van der Waals surface area contributed by atoms with Crippen LogP contribution in [0.4, 0.5) is 0 Å². The monoisotopic (exact) mass is 532 g/mol. The van der Waals surface area contributed by atoms with E-state index in [0.717, 1.165) is 5.56 Å². The Kier molecular flexibility index (Phi) is 10.4. The maximum absolute atomic E-state index is 13.5. The number of carbonyl (C=O) groups is 2. The lowest BCUT2D eigenvalue weighted by Crippen LogP contribution is -2.49. The van der Waals surface area contributed by atoms with Crippen LogP contribution in [0.25, 0.3) is 5.53 Å². The van der Waals surface area contributed by atoms with Gasteiger partial charge in [0, 0.05) is 17.1 Å². The number of esters is 1. The molecule has 0 heterocycles. The molecular weight excluding hydrogens is 500 g/mol. The zero-order valence-electron chi connectivity index (χ0n) is 22.0. The average Bonchev–Trinajstić information content (AvgIpc) is 2.90. The summed E-state index contributed by atoms with van der Waals surface area (Å²) in [4.78, 5) is 30.2. The van der Waals surface area contributed by atoms with Gasteiger partial charge in [0.25, 0.3) is 5.91 Å². The molecule has 3 aromatic rings. The van der Waals surface area contributed by atoms with Crippen LogP contribution in [-0.2, 0) is 16.1 Å². The van der Waals surface area contributed by atoms with E-state index < -0.39 is 18.1 Å². The van der Waals surface area contributed by atoms with Crippen molar-refractivity contribution in [1.29, 1.82) is 0 Å². The zero-order valence-corrected chi connectivity index (χ0v) is 22.8. The molecule has 1 amide bonds. The van der Waals surface area contributed by atoms with Crippen LogP contribution in [0.5, 0.6) is 0 Å². The van der Waals surface area contributed by atoms with Crippen molar-refractivity contribution >= 4 is 29.2 Å². The van der Waals surface area contributed by atoms with Gasteiger partial charge >= 0.3 is 11.7 Å². The summed E-state index contributed by atoms with van der Waals surface area (Å²) in [7, 11) is 0. The quantitative estimate of drug-likeness (QED) is 0.106. The van der Waals surface area contributed by atoms with Gasteiger partial charge in [0.1, 0.15) is 6.10 Å². The topological polar surface area (TPSA) is 95.0 Å². The molecule has 1 N–H and O–H groups in total. The van der Waals surface area contributed by atoms with E-state index in [1.54, 1.807) is 53.5 Å². The third kappa shape index (κ3) is 7.62. The van der Waals surface area contributed by atoms with Crippen molar-refractivity contribution in [1.82, 2.24) is 10.4 Å². The van der Waals surface area contributed by atoms with Gasteiger partial charge in [-0.3, -0.25) is 10.2 Å². The van der Waals surface area contributed by atoms with Crippen LogP contribution >= 0.6 is 11.6 Å². The number of hydrogen-bond acceptors (Lipinski definition) is 4. The number of nitrogens with zero attached hydrogens (tertiary/aromatic N) is 3. The second kappa shape index (κ2) is 13.7. The van der Waals surface area contributed by atoms with E-state index in [-0.39, 0.29) is 30.0 Å². The summed E-state index contributed by atoms with van der Waals surface area (Å²) in [5.74, 6) is -1.08. The number of carbonyl (C=O) groups excluding carboxylic acids is 2. The van der Waals surface area contributed by atoms with Crippen molar-refractivity contribution in [3.8, 4) is 0 Å². The molecule has 1 atom stereocenters. The van der Waals surface area contributed by atoms with Crippen molar-refractivity contribution in [3.05, 3.63) is 112 Å². The first kappa shape index (κ1) is 28.8. The summed E-state index contributed by atoms with van der Waals surface area (Å²) in [6, 6.07) is 24.0. The maximum Gasteiger partial charge on any atom is 0.419 e. The molecule has 7 nitrogen and oxygen atoms in total. The highest BCUT2D eigenvalue weighted by Gasteiger charge is 2.41. The van der Waals surface area contributed by atoms with Crippen molar-refractivity contribution in [2.45, 2.75) is 46.4 Å². The maximum atomic E-state index is 13.5. The van der Waals surface area contributed by atoms with E-state index >= 15 is 0 Å². The van der Waals surface area contributed by atoms with Crippen molar-refractivity contribution in [2.24, 2.45) is 11.8 Å². The van der Waals surface area contributed by atoms with Crippen LogP contribution in [0.2, 0.25) is 5.02 Å². The van der Waals surface area contributed by atoms with Crippen LogP contribution in [-0.4, -0.2) is 33.5 Å². The molecule has 1 unspecified atom stereocenters. The number of nitrogens with one attached hydrogen (secondary N) is 1. The molecule has 38 heavy (non-hydrogen) atoms. The molecule has 0 fully saturated rings. The molecule has 0 radical (unpaired) electrons. The largest absolute Gasteiger partial charge is 0.453 e. The molecule has 0 aliphatic rings. The van der Waals surface area contributed by atoms with Gasteiger partial charge < -0.3 is 10.3 Å². The molecule has 0 bridgehead atoms. The van der Waals surface area contributed by atoms with Gasteiger partial charge in [-0.25, -0.2) is 4.79 Å². The number of hydrogen-bond donors (Lipinski definition) is 1. The second-order valence-corrected chi connectivity index (χ2v) is 10.2. The molecular formula is C30H33ClN4O3. The second-order valence-electron chi connectivity index (χ2n) is 9.72. The van der Waals surface area contributed by atoms with Gasteiger partial charge in [-0.2, -0.15) is 9.80 Å². The van der Waals surface area contributed by atoms with E-state index in [1.807, 2.05) is 64.1 Å². The van der Waals surface area contributed by atoms with Crippen molar-refractivity contribution in [2.75, 3.05) is 0 Å². The van der Waals surface area contributed by atoms with E-state index in [0.29, 0.717) is 16.1 Å². The Morgan fingerprint density at radius 2 is 1.53 bits per heavy atom. The molecule has 0 aliphatic heterocycles. The van der Waals surface area contributed by atoms with Crippen LogP contribution in [0.3, 0.4) is 0 Å². The first-order valence-electron chi connectivity index (χ1n) is 12.6. The third-order valence-electron chi connectivity index (χ3n) is 6.09. The fourth-order valence-corrected chi connectivity index (χ4v) is 4.55. The van der Waals surface area contributed by atoms with Crippen molar-refractivity contribution in [3.63, 3.8) is 0 Å². The van der Waals surface area contributed by atoms with Gasteiger partial charge in [0.05, 0.1) is 0 Å². The molecule has 3 aromatic carbocycles. The smallest absolute Gasteiger partial charge is 0.419 e. The highest BCUT2D eigenvalue weighted by atomic mass is 35.5. The number of amides is 1. The van der Waals surface area contributed by atoms with E-state index in [4.69, 9.17) is 16.3 Å². The highest BCUT2D eigenvalue weighted by molar-refractivity contribution is 6.36. The molecule has 198 valence electrons. The fourth-order valence-electron chi connectivity index (χ4n) is 4.36. The average molecular weight is 533 g/mol. The number of rotatable bonds is 11. The Hall–Kier alpha value is -3.77. The number of halogens is 1. The molecule has 0 saturated carbocycles. The number of ether oxygens (including phenoxy) is 1. The minimum absolute atomic E-state index is 0.0433. The minimum Gasteiger partial charge on any atom is -0.453 e. The van der Waals surface area contributed by atoms with Gasteiger partial charge in [-0.1, -0.05) is 100.0 Å². The molecule has 8 heteroatoms. The fraction of sp³-hybridized carbons (Fsp3) is 0.300. The first-order valence-corrected chi connectivity index (χ1v) is 12.9. The first-order chi connectivity index (χ1) is 18.2. The standard InChI is InChI=1S/C30H33ClN4O3/c1-20(2)28(21(3)4)38-30(37)26(33-32)27(24-16-11-17-25(31)18-24)35(19-22-12-7-5-8-13-22)34-29(36)23-14-9-6-10-15-23/h5-18,20-21,27-28H,19H2,1-4H3,(H,34,36). The van der Waals surface area contributed by atoms with Crippen molar-refractivity contribution < 1.29 is 19.1 Å². The summed E-state index contributed by atoms with van der Waals surface area (Å²) in [5.41, 5.74) is 14.6. The predicted molar refractivity (Wildman–Crippen MR) is 148 cm³/mol. The normalized spacial score (nSPS) is 11.9. The summed E-state index contributed by atoms with van der Waals surface area (Å²) < 4.78 is 5.85. The molecule has 0 saturated heterocycles. The summed E-state index contributed by atoms with van der Waals surface area (Å²) in [5, 5.41) is 1.99. The number of benzene rings is 3. The van der Waals surface area contributed by atoms with Crippen LogP contribution in [0.15, 0.2) is 84.9 Å². The third-order valence-corrected chi connectivity index (χ3v) is 6.32. The van der Waals surface area contributed by atoms with E-state index in [2.05, 4.69) is 10.2 Å². The van der Waals surface area contributed by atoms with Crippen LogP contribution in [0, 0.1) is 11.8 Å². The SMILES string of the molecule is CC(C)C(OC(=O)C(=[N+]=[N-])C(c1cccc(Cl)c1)N(Cc1ccccc1)NC(=O)c1ccccc1)C(C)C. The van der Waals surface area contributed by atoms with Crippen LogP contribution < -0.4 is 5.43 Å². The van der Waals surface area contributed by atoms with E-state index in [9.17, 15) is 15.1 Å². The van der Waals surface area contributed by atoms with Gasteiger partial charge in [-0.15, -0.1) is 0 Å². The minimum atomic E-state index is -1.01. The molecule has 0 spiro atoms. The van der Waals surface area contributed by atoms with Gasteiger partial charge in [0.15, 0.2) is 6.04 Å². The van der Waals surface area contributed by atoms with Gasteiger partial charge in [0.2, 0.25) is 0 Å².